The molecule has 1 aromatic rings. The molecule has 5 atom stereocenters. The van der Waals surface area contributed by atoms with Gasteiger partial charge in [0.1, 0.15) is 29.9 Å². The van der Waals surface area contributed by atoms with Gasteiger partial charge < -0.3 is 64.6 Å². The van der Waals surface area contributed by atoms with Gasteiger partial charge in [-0.3, -0.25) is 38.6 Å². The van der Waals surface area contributed by atoms with E-state index >= 15 is 0 Å². The Hall–Kier alpha value is -5.99. The van der Waals surface area contributed by atoms with Crippen LogP contribution in [0.25, 0.3) is 0 Å². The number of guanidine groups is 1. The average Bonchev–Trinajstić information content (AvgIpc) is 3.62. The van der Waals surface area contributed by atoms with E-state index in [0.717, 1.165) is 0 Å². The summed E-state index contributed by atoms with van der Waals surface area (Å²) in [5, 5.41) is 31.4. The van der Waals surface area contributed by atoms with Gasteiger partial charge in [-0.05, 0) is 55.7 Å². The van der Waals surface area contributed by atoms with Crippen molar-refractivity contribution >= 4 is 53.3 Å². The van der Waals surface area contributed by atoms with E-state index < -0.39 is 96.5 Å². The van der Waals surface area contributed by atoms with Crippen molar-refractivity contribution in [2.75, 3.05) is 26.2 Å². The first-order valence-corrected chi connectivity index (χ1v) is 17.7. The number of carboxylic acids is 1. The first-order chi connectivity index (χ1) is 25.9. The van der Waals surface area contributed by atoms with E-state index in [1.807, 2.05) is 0 Å². The van der Waals surface area contributed by atoms with Gasteiger partial charge in [0.05, 0.1) is 19.1 Å². The van der Waals surface area contributed by atoms with Gasteiger partial charge in [0.25, 0.3) is 0 Å². The van der Waals surface area contributed by atoms with Crippen molar-refractivity contribution in [2.24, 2.45) is 33.8 Å². The van der Waals surface area contributed by atoms with E-state index in [1.165, 1.54) is 17.0 Å². The number of aliphatic carboxylic acids is 1. The summed E-state index contributed by atoms with van der Waals surface area (Å²) in [5.41, 5.74) is 22.2. The third-order valence-corrected chi connectivity index (χ3v) is 8.56. The number of hydrogen-bond acceptors (Lipinski definition) is 11. The summed E-state index contributed by atoms with van der Waals surface area (Å²) < 4.78 is 0. The number of phenolic OH excluding ortho intramolecular Hbond substituents is 1. The molecule has 1 aliphatic rings. The maximum Gasteiger partial charge on any atom is 0.326 e. The minimum absolute atomic E-state index is 0.0202. The van der Waals surface area contributed by atoms with Gasteiger partial charge in [-0.1, -0.05) is 26.0 Å². The number of likely N-dealkylation sites (tertiary alicyclic amines) is 1. The number of rotatable bonds is 22. The van der Waals surface area contributed by atoms with Crippen molar-refractivity contribution in [3.8, 4) is 5.75 Å². The van der Waals surface area contributed by atoms with Gasteiger partial charge in [0, 0.05) is 25.9 Å². The van der Waals surface area contributed by atoms with Crippen molar-refractivity contribution in [3.63, 3.8) is 0 Å². The smallest absolute Gasteiger partial charge is 0.326 e. The molecule has 0 unspecified atom stereocenters. The molecule has 7 amide bonds. The van der Waals surface area contributed by atoms with Crippen molar-refractivity contribution in [3.05, 3.63) is 29.8 Å². The second-order valence-corrected chi connectivity index (χ2v) is 13.4. The standard InChI is InChI=1S/C34H53N11O10/c1-18(2)28(33(54)55)44-30(51)22(11-12-25(36)47)42-26(48)17-41-31(52)24-6-4-14-45(24)32(53)23(15-19-7-9-20(46)10-8-19)43-27(49)16-40-29(50)21(35)5-3-13-39-34(37)38/h7-10,18,21-24,28,46H,3-6,11-17,35H2,1-2H3,(H2,36,47)(H,40,50)(H,41,52)(H,42,48)(H,43,49)(H,44,51)(H,54,55)(H4,37,38,39)/t21-,22-,23-,24-,28-/m0/s1. The summed E-state index contributed by atoms with van der Waals surface area (Å²) in [7, 11) is 0. The molecule has 1 aromatic carbocycles. The number of carbonyl (C=O) groups excluding carboxylic acids is 7. The molecule has 1 aliphatic heterocycles. The third kappa shape index (κ3) is 15.9. The second-order valence-electron chi connectivity index (χ2n) is 13.4. The minimum Gasteiger partial charge on any atom is -0.508 e. The number of nitrogens with two attached hydrogens (primary N) is 4. The molecule has 0 spiro atoms. The van der Waals surface area contributed by atoms with Gasteiger partial charge in [-0.2, -0.15) is 0 Å². The average molecular weight is 776 g/mol. The summed E-state index contributed by atoms with van der Waals surface area (Å²) in [6, 6.07) is 0.111. The number of carboxylic acid groups (broad SMARTS) is 1. The number of primary amides is 1. The quantitative estimate of drug-likeness (QED) is 0.0304. The summed E-state index contributed by atoms with van der Waals surface area (Å²) in [5.74, 6) is -7.00. The Balaban J connectivity index is 2.09. The molecule has 0 bridgehead atoms. The van der Waals surface area contributed by atoms with Gasteiger partial charge in [0.2, 0.25) is 41.4 Å². The second kappa shape index (κ2) is 22.3. The highest BCUT2D eigenvalue weighted by atomic mass is 16.4. The number of aromatic hydroxyl groups is 1. The molecule has 0 radical (unpaired) electrons. The van der Waals surface area contributed by atoms with E-state index in [2.05, 4.69) is 31.6 Å². The van der Waals surface area contributed by atoms with Crippen molar-refractivity contribution in [2.45, 2.75) is 89.0 Å². The molecule has 21 nitrogen and oxygen atoms in total. The molecule has 304 valence electrons. The van der Waals surface area contributed by atoms with Crippen LogP contribution >= 0.6 is 0 Å². The minimum atomic E-state index is -1.34. The number of amides is 7. The lowest BCUT2D eigenvalue weighted by atomic mass is 10.0. The monoisotopic (exact) mass is 775 g/mol. The van der Waals surface area contributed by atoms with Gasteiger partial charge in [-0.25, -0.2) is 4.79 Å². The van der Waals surface area contributed by atoms with Gasteiger partial charge >= 0.3 is 5.97 Å². The van der Waals surface area contributed by atoms with Crippen LogP contribution in [0.1, 0.15) is 57.9 Å². The fraction of sp³-hybridized carbons (Fsp3) is 0.559. The molecule has 1 fully saturated rings. The van der Waals surface area contributed by atoms with Crippen LogP contribution in [-0.4, -0.2) is 125 Å². The molecular weight excluding hydrogens is 722 g/mol. The Kier molecular flexibility index (Phi) is 18.3. The molecular formula is C34H53N11O10. The fourth-order valence-electron chi connectivity index (χ4n) is 5.62. The van der Waals surface area contributed by atoms with Crippen LogP contribution in [-0.2, 0) is 44.8 Å². The van der Waals surface area contributed by atoms with Crippen LogP contribution in [0.5, 0.6) is 5.75 Å². The highest BCUT2D eigenvalue weighted by Gasteiger charge is 2.38. The molecule has 2 rings (SSSR count). The summed E-state index contributed by atoms with van der Waals surface area (Å²) in [4.78, 5) is 106. The first-order valence-electron chi connectivity index (χ1n) is 17.7. The van der Waals surface area contributed by atoms with Crippen LogP contribution in [0, 0.1) is 5.92 Å². The zero-order valence-electron chi connectivity index (χ0n) is 30.9. The summed E-state index contributed by atoms with van der Waals surface area (Å²) in [6.45, 7) is 2.42. The van der Waals surface area contributed by atoms with Gasteiger partial charge in [0.15, 0.2) is 5.96 Å². The number of hydrogen-bond donors (Lipinski definition) is 11. The number of phenols is 1. The molecule has 0 aliphatic carbocycles. The normalized spacial score (nSPS) is 15.8. The van der Waals surface area contributed by atoms with E-state index in [1.54, 1.807) is 26.0 Å². The van der Waals surface area contributed by atoms with Crippen LogP contribution in [0.2, 0.25) is 0 Å². The van der Waals surface area contributed by atoms with Crippen LogP contribution in [0.15, 0.2) is 29.3 Å². The number of nitrogens with zero attached hydrogens (tertiary/aromatic N) is 2. The van der Waals surface area contributed by atoms with E-state index in [9.17, 15) is 48.6 Å². The Morgan fingerprint density at radius 2 is 1.49 bits per heavy atom. The maximum absolute atomic E-state index is 13.9. The summed E-state index contributed by atoms with van der Waals surface area (Å²) in [6.07, 6.45) is 0.732. The highest BCUT2D eigenvalue weighted by molar-refractivity contribution is 5.96. The lowest BCUT2D eigenvalue weighted by Gasteiger charge is -2.29. The Labute approximate surface area is 317 Å². The lowest BCUT2D eigenvalue weighted by Crippen LogP contribution is -2.57. The zero-order chi connectivity index (χ0) is 41.2. The highest BCUT2D eigenvalue weighted by Crippen LogP contribution is 2.20. The van der Waals surface area contributed by atoms with Crippen LogP contribution < -0.4 is 49.5 Å². The topological polar surface area (TPSA) is 357 Å². The summed E-state index contributed by atoms with van der Waals surface area (Å²) >= 11 is 0. The van der Waals surface area contributed by atoms with E-state index in [-0.39, 0.29) is 56.9 Å². The Bertz CT molecular complexity index is 1570. The van der Waals surface area contributed by atoms with E-state index in [4.69, 9.17) is 22.9 Å². The Morgan fingerprint density at radius 3 is 2.07 bits per heavy atom. The van der Waals surface area contributed by atoms with Gasteiger partial charge in [-0.15, -0.1) is 0 Å². The predicted molar refractivity (Wildman–Crippen MR) is 197 cm³/mol. The van der Waals surface area contributed by atoms with Crippen molar-refractivity contribution in [1.29, 1.82) is 0 Å². The number of carbonyl (C=O) groups is 8. The third-order valence-electron chi connectivity index (χ3n) is 8.56. The number of benzene rings is 1. The zero-order valence-corrected chi connectivity index (χ0v) is 30.9. The van der Waals surface area contributed by atoms with Crippen LogP contribution in [0.4, 0.5) is 0 Å². The maximum atomic E-state index is 13.9. The van der Waals surface area contributed by atoms with Crippen molar-refractivity contribution < 1.29 is 48.6 Å². The molecule has 1 saturated heterocycles. The van der Waals surface area contributed by atoms with E-state index in [0.29, 0.717) is 18.4 Å². The fourth-order valence-corrected chi connectivity index (χ4v) is 5.62. The Morgan fingerprint density at radius 1 is 0.873 bits per heavy atom. The number of nitrogens with one attached hydrogen (secondary N) is 5. The first kappa shape index (κ1) is 45.2. The van der Waals surface area contributed by atoms with Crippen LogP contribution in [0.3, 0.4) is 0 Å². The predicted octanol–water partition coefficient (Wildman–Crippen LogP) is -4.00. The lowest BCUT2D eigenvalue weighted by molar-refractivity contribution is -0.143. The molecule has 55 heavy (non-hydrogen) atoms. The van der Waals surface area contributed by atoms with Crippen molar-refractivity contribution in [1.82, 2.24) is 31.5 Å². The molecule has 21 heteroatoms. The molecule has 0 saturated carbocycles. The number of aliphatic imine (C=N–C) groups is 1. The molecule has 0 aromatic heterocycles. The SMILES string of the molecule is CC(C)[C@H](NC(=O)[C@H](CCC(N)=O)NC(=O)CNC(=O)[C@@H]1CCCN1C(=O)[C@H](Cc1ccc(O)cc1)NC(=O)CNC(=O)[C@@H](N)CCCN=C(N)N)C(=O)O. The molecule has 15 N–H and O–H groups in total. The largest absolute Gasteiger partial charge is 0.508 e. The molecule has 1 heterocycles.